The molecular weight excluding hydrogens is 452 g/mol. The van der Waals surface area contributed by atoms with E-state index in [4.69, 9.17) is 5.73 Å². The fraction of sp³-hybridized carbons (Fsp3) is 0.300. The van der Waals surface area contributed by atoms with Gasteiger partial charge in [0.2, 0.25) is 0 Å². The molecule has 0 amide bonds. The van der Waals surface area contributed by atoms with Crippen molar-refractivity contribution in [2.75, 3.05) is 11.9 Å². The minimum Gasteiger partial charge on any atom is -0.382 e. The molecule has 3 N–H and O–H groups in total. The van der Waals surface area contributed by atoms with E-state index >= 15 is 0 Å². The maximum absolute atomic E-state index is 13.2. The van der Waals surface area contributed by atoms with Crippen molar-refractivity contribution in [3.63, 3.8) is 0 Å². The fourth-order valence-electron chi connectivity index (χ4n) is 2.59. The molecule has 1 atom stereocenters. The topological polar surface area (TPSA) is 38.0 Å². The third-order valence-electron chi connectivity index (χ3n) is 4.32. The van der Waals surface area contributed by atoms with Crippen LogP contribution in [-0.2, 0) is 12.8 Å². The summed E-state index contributed by atoms with van der Waals surface area (Å²) in [5.41, 5.74) is 6.93. The maximum Gasteiger partial charge on any atom is 0.411 e. The van der Waals surface area contributed by atoms with E-state index in [9.17, 15) is 13.2 Å². The van der Waals surface area contributed by atoms with Crippen molar-refractivity contribution in [2.24, 2.45) is 5.73 Å². The Morgan fingerprint density at radius 2 is 1.85 bits per heavy atom. The Bertz CT molecular complexity index is 774. The molecule has 2 aromatic carbocycles. The van der Waals surface area contributed by atoms with Gasteiger partial charge in [-0.25, -0.2) is 0 Å². The third-order valence-corrected chi connectivity index (χ3v) is 5.00. The third kappa shape index (κ3) is 5.01. The van der Waals surface area contributed by atoms with Gasteiger partial charge in [-0.3, -0.25) is 0 Å². The van der Waals surface area contributed by atoms with Crippen LogP contribution in [0, 0.1) is 3.57 Å². The highest BCUT2D eigenvalue weighted by Crippen LogP contribution is 2.30. The van der Waals surface area contributed by atoms with Gasteiger partial charge in [0, 0.05) is 15.8 Å². The number of hydrogen-bond acceptors (Lipinski definition) is 2. The Labute approximate surface area is 165 Å². The van der Waals surface area contributed by atoms with E-state index < -0.39 is 18.3 Å². The predicted octanol–water partition coefficient (Wildman–Crippen LogP) is 5.30. The van der Waals surface area contributed by atoms with E-state index in [1.54, 1.807) is 6.07 Å². The van der Waals surface area contributed by atoms with Crippen LogP contribution >= 0.6 is 22.6 Å². The van der Waals surface area contributed by atoms with E-state index in [0.717, 1.165) is 27.2 Å². The summed E-state index contributed by atoms with van der Waals surface area (Å²) < 4.78 is 40.5. The first-order chi connectivity index (χ1) is 12.2. The number of alkyl halides is 3. The molecule has 1 unspecified atom stereocenters. The molecule has 2 aromatic rings. The van der Waals surface area contributed by atoms with Crippen LogP contribution < -0.4 is 11.1 Å². The van der Waals surface area contributed by atoms with Crippen molar-refractivity contribution >= 4 is 28.3 Å². The molecule has 0 saturated heterocycles. The van der Waals surface area contributed by atoms with Gasteiger partial charge in [0.15, 0.2) is 0 Å². The van der Waals surface area contributed by atoms with E-state index in [2.05, 4.69) is 53.5 Å². The van der Waals surface area contributed by atoms with Crippen LogP contribution in [0.3, 0.4) is 0 Å². The zero-order chi connectivity index (χ0) is 19.4. The molecule has 0 aliphatic carbocycles. The highest BCUT2D eigenvalue weighted by molar-refractivity contribution is 14.1. The van der Waals surface area contributed by atoms with Crippen LogP contribution in [0.2, 0.25) is 0 Å². The minimum absolute atomic E-state index is 0.470. The van der Waals surface area contributed by atoms with E-state index in [0.29, 0.717) is 12.1 Å². The second kappa shape index (κ2) is 8.43. The van der Waals surface area contributed by atoms with Crippen molar-refractivity contribution in [3.8, 4) is 0 Å². The zero-order valence-corrected chi connectivity index (χ0v) is 16.7. The number of halogens is 4. The van der Waals surface area contributed by atoms with Gasteiger partial charge in [-0.1, -0.05) is 37.3 Å². The molecule has 0 radical (unpaired) electrons. The number of benzene rings is 2. The lowest BCUT2D eigenvalue weighted by Gasteiger charge is -2.29. The molecule has 0 aromatic heterocycles. The van der Waals surface area contributed by atoms with Gasteiger partial charge < -0.3 is 11.1 Å². The van der Waals surface area contributed by atoms with Crippen molar-refractivity contribution in [3.05, 3.63) is 75.4 Å². The molecule has 0 aliphatic heterocycles. The number of aryl methyl sites for hydroxylation is 1. The Hall–Kier alpha value is -1.54. The zero-order valence-electron chi connectivity index (χ0n) is 14.5. The average Bonchev–Trinajstić information content (AvgIpc) is 2.60. The number of anilines is 1. The van der Waals surface area contributed by atoms with Crippen LogP contribution in [0.4, 0.5) is 18.9 Å². The van der Waals surface area contributed by atoms with Gasteiger partial charge >= 0.3 is 6.18 Å². The molecule has 0 heterocycles. The lowest BCUT2D eigenvalue weighted by molar-refractivity contribution is -0.167. The van der Waals surface area contributed by atoms with Gasteiger partial charge in [-0.15, -0.1) is 6.58 Å². The summed E-state index contributed by atoms with van der Waals surface area (Å²) in [5.74, 6) is 0. The second-order valence-electron chi connectivity index (χ2n) is 6.25. The van der Waals surface area contributed by atoms with Gasteiger partial charge in [0.25, 0.3) is 0 Å². The van der Waals surface area contributed by atoms with Crippen LogP contribution in [-0.4, -0.2) is 18.3 Å². The summed E-state index contributed by atoms with van der Waals surface area (Å²) in [6.45, 7) is 4.87. The molecule has 26 heavy (non-hydrogen) atoms. The molecular formula is C20H22F3IN2. The number of nitrogens with two attached hydrogens (primary N) is 1. The molecule has 6 heteroatoms. The number of hydrogen-bond donors (Lipinski definition) is 2. The van der Waals surface area contributed by atoms with Crippen LogP contribution in [0.15, 0.2) is 55.1 Å². The lowest BCUT2D eigenvalue weighted by atomic mass is 9.98. The standard InChI is InChI=1S/C20H22F3IN2/c1-3-14-6-5-7-15(10-14)11-16-12-17(24)8-9-18(16)26-13-19(25,4-2)20(21,22)23/h4-10,12,26H,2-3,11,13,25H2,1H3. The molecule has 140 valence electrons. The van der Waals surface area contributed by atoms with Crippen molar-refractivity contribution in [1.29, 1.82) is 0 Å². The van der Waals surface area contributed by atoms with Gasteiger partial charge in [-0.2, -0.15) is 13.2 Å². The largest absolute Gasteiger partial charge is 0.411 e. The van der Waals surface area contributed by atoms with Gasteiger partial charge in [0.1, 0.15) is 5.54 Å². The molecule has 2 rings (SSSR count). The Kier molecular flexibility index (Phi) is 6.74. The van der Waals surface area contributed by atoms with Crippen LogP contribution in [0.5, 0.6) is 0 Å². The summed E-state index contributed by atoms with van der Waals surface area (Å²) in [7, 11) is 0. The van der Waals surface area contributed by atoms with Crippen molar-refractivity contribution in [1.82, 2.24) is 0 Å². The summed E-state index contributed by atoms with van der Waals surface area (Å²) in [6, 6.07) is 13.8. The smallest absolute Gasteiger partial charge is 0.382 e. The molecule has 0 aliphatic rings. The van der Waals surface area contributed by atoms with Crippen LogP contribution in [0.1, 0.15) is 23.6 Å². The van der Waals surface area contributed by atoms with Crippen molar-refractivity contribution < 1.29 is 13.2 Å². The van der Waals surface area contributed by atoms with E-state index in [-0.39, 0.29) is 0 Å². The van der Waals surface area contributed by atoms with Gasteiger partial charge in [-0.05, 0) is 70.3 Å². The van der Waals surface area contributed by atoms with Gasteiger partial charge in [0.05, 0.1) is 0 Å². The van der Waals surface area contributed by atoms with Crippen LogP contribution in [0.25, 0.3) is 0 Å². The maximum atomic E-state index is 13.2. The molecule has 2 nitrogen and oxygen atoms in total. The monoisotopic (exact) mass is 474 g/mol. The molecule has 0 bridgehead atoms. The molecule has 0 saturated carbocycles. The summed E-state index contributed by atoms with van der Waals surface area (Å²) in [6.07, 6.45) is -2.26. The Morgan fingerprint density at radius 1 is 1.15 bits per heavy atom. The second-order valence-corrected chi connectivity index (χ2v) is 7.49. The molecule has 0 spiro atoms. The summed E-state index contributed by atoms with van der Waals surface area (Å²) >= 11 is 2.20. The molecule has 0 fully saturated rings. The first kappa shape index (κ1) is 20.8. The van der Waals surface area contributed by atoms with Crippen molar-refractivity contribution in [2.45, 2.75) is 31.5 Å². The van der Waals surface area contributed by atoms with E-state index in [1.165, 1.54) is 5.56 Å². The first-order valence-electron chi connectivity index (χ1n) is 8.28. The SMILES string of the molecule is C=CC(N)(CNc1ccc(I)cc1Cc1cccc(CC)c1)C(F)(F)F. The normalized spacial score (nSPS) is 13.9. The Balaban J connectivity index is 2.26. The Morgan fingerprint density at radius 3 is 2.46 bits per heavy atom. The first-order valence-corrected chi connectivity index (χ1v) is 9.35. The number of rotatable bonds is 7. The lowest BCUT2D eigenvalue weighted by Crippen LogP contribution is -2.56. The quantitative estimate of drug-likeness (QED) is 0.422. The predicted molar refractivity (Wildman–Crippen MR) is 109 cm³/mol. The fourth-order valence-corrected chi connectivity index (χ4v) is 3.15. The average molecular weight is 474 g/mol. The highest BCUT2D eigenvalue weighted by atomic mass is 127. The number of nitrogens with one attached hydrogen (secondary N) is 1. The highest BCUT2D eigenvalue weighted by Gasteiger charge is 2.49. The van der Waals surface area contributed by atoms with E-state index in [1.807, 2.05) is 24.3 Å². The summed E-state index contributed by atoms with van der Waals surface area (Å²) in [4.78, 5) is 0. The minimum atomic E-state index is -4.57. The summed E-state index contributed by atoms with van der Waals surface area (Å²) in [5, 5.41) is 2.87.